The number of nitrogens with zero attached hydrogens (tertiary/aromatic N) is 1. The van der Waals surface area contributed by atoms with Crippen LogP contribution in [0.25, 0.3) is 54.6 Å². The van der Waals surface area contributed by atoms with Crippen LogP contribution in [0.2, 0.25) is 0 Å². The van der Waals surface area contributed by atoms with Crippen molar-refractivity contribution in [3.05, 3.63) is 162 Å². The fourth-order valence-electron chi connectivity index (χ4n) is 8.12. The summed E-state index contributed by atoms with van der Waals surface area (Å²) in [6.07, 6.45) is 0. The average molecular weight is 590 g/mol. The first kappa shape index (κ1) is 27.0. The first-order valence-electron chi connectivity index (χ1n) is 16.3. The minimum Gasteiger partial charge on any atom is -0.310 e. The molecule has 0 bridgehead atoms. The molecule has 9 rings (SSSR count). The van der Waals surface area contributed by atoms with Crippen molar-refractivity contribution in [3.63, 3.8) is 0 Å². The minimum atomic E-state index is -0.188. The summed E-state index contributed by atoms with van der Waals surface area (Å²) in [4.78, 5) is 2.44. The van der Waals surface area contributed by atoms with Crippen molar-refractivity contribution in [1.82, 2.24) is 0 Å². The quantitative estimate of drug-likeness (QED) is 0.185. The van der Waals surface area contributed by atoms with Crippen LogP contribution in [0.1, 0.15) is 36.1 Å². The van der Waals surface area contributed by atoms with Gasteiger partial charge in [0.25, 0.3) is 0 Å². The van der Waals surface area contributed by atoms with Crippen molar-refractivity contribution in [2.75, 3.05) is 4.90 Å². The van der Waals surface area contributed by atoms with Crippen molar-refractivity contribution in [2.45, 2.75) is 33.1 Å². The van der Waals surface area contributed by atoms with Gasteiger partial charge in [0.1, 0.15) is 0 Å². The van der Waals surface area contributed by atoms with E-state index in [4.69, 9.17) is 0 Å². The van der Waals surface area contributed by atoms with E-state index in [1.54, 1.807) is 0 Å². The van der Waals surface area contributed by atoms with Gasteiger partial charge in [-0.1, -0.05) is 123 Å². The molecule has 1 nitrogen and oxygen atoms in total. The Kier molecular flexibility index (Phi) is 5.74. The maximum absolute atomic E-state index is 2.46. The molecule has 0 aliphatic heterocycles. The second-order valence-corrected chi connectivity index (χ2v) is 13.5. The highest BCUT2D eigenvalue weighted by atomic mass is 15.1. The van der Waals surface area contributed by atoms with Crippen molar-refractivity contribution in [1.29, 1.82) is 0 Å². The third-order valence-electron chi connectivity index (χ3n) is 10.5. The molecule has 0 N–H and O–H groups in total. The van der Waals surface area contributed by atoms with Crippen molar-refractivity contribution in [3.8, 4) is 22.3 Å². The van der Waals surface area contributed by atoms with E-state index in [0.29, 0.717) is 0 Å². The van der Waals surface area contributed by atoms with Gasteiger partial charge in [-0.15, -0.1) is 0 Å². The Bertz CT molecular complexity index is 2420. The molecule has 0 unspecified atom stereocenters. The molecule has 220 valence electrons. The highest BCUT2D eigenvalue weighted by Crippen LogP contribution is 2.54. The van der Waals surface area contributed by atoms with E-state index in [-0.39, 0.29) is 5.41 Å². The number of anilines is 3. The van der Waals surface area contributed by atoms with E-state index < -0.39 is 0 Å². The van der Waals surface area contributed by atoms with Crippen LogP contribution in [0.5, 0.6) is 0 Å². The summed E-state index contributed by atoms with van der Waals surface area (Å²) in [6.45, 7) is 9.23. The third-order valence-corrected chi connectivity index (χ3v) is 10.5. The number of benzene rings is 8. The topological polar surface area (TPSA) is 3.24 Å². The summed E-state index contributed by atoms with van der Waals surface area (Å²) in [5.74, 6) is 0. The van der Waals surface area contributed by atoms with Crippen molar-refractivity contribution in [2.24, 2.45) is 0 Å². The molecule has 0 amide bonds. The number of aryl methyl sites for hydroxylation is 2. The molecule has 0 spiro atoms. The van der Waals surface area contributed by atoms with Gasteiger partial charge in [-0.05, 0) is 121 Å². The number of hydrogen-bond acceptors (Lipinski definition) is 1. The molecule has 0 atom stereocenters. The van der Waals surface area contributed by atoms with E-state index in [2.05, 4.69) is 172 Å². The molecule has 0 saturated heterocycles. The molecule has 1 heteroatoms. The van der Waals surface area contributed by atoms with E-state index in [9.17, 15) is 0 Å². The molecule has 0 aromatic heterocycles. The first-order chi connectivity index (χ1) is 22.4. The molecule has 0 radical (unpaired) electrons. The van der Waals surface area contributed by atoms with Crippen molar-refractivity contribution >= 4 is 49.4 Å². The molecule has 1 aliphatic carbocycles. The maximum Gasteiger partial charge on any atom is 0.0490 e. The summed E-state index contributed by atoms with van der Waals surface area (Å²) in [7, 11) is 0. The molecule has 8 aromatic rings. The Morgan fingerprint density at radius 1 is 0.457 bits per heavy atom. The largest absolute Gasteiger partial charge is 0.310 e. The zero-order chi connectivity index (χ0) is 31.2. The summed E-state index contributed by atoms with van der Waals surface area (Å²) in [5, 5.41) is 8.11. The Balaban J connectivity index is 1.32. The van der Waals surface area contributed by atoms with Crippen LogP contribution in [-0.4, -0.2) is 0 Å². The van der Waals surface area contributed by atoms with Gasteiger partial charge in [0.2, 0.25) is 0 Å². The number of para-hydroxylation sites is 2. The van der Waals surface area contributed by atoms with Gasteiger partial charge < -0.3 is 4.90 Å². The Morgan fingerprint density at radius 2 is 1.09 bits per heavy atom. The van der Waals surface area contributed by atoms with Gasteiger partial charge in [-0.2, -0.15) is 0 Å². The molecular formula is C45H35N. The second-order valence-electron chi connectivity index (χ2n) is 13.5. The number of fused-ring (bicyclic) bond motifs is 2. The summed E-state index contributed by atoms with van der Waals surface area (Å²) < 4.78 is 0. The molecule has 1 aliphatic rings. The average Bonchev–Trinajstić information content (AvgIpc) is 3.08. The molecule has 0 heterocycles. The molecule has 46 heavy (non-hydrogen) atoms. The SMILES string of the molecule is Cc1ccccc1N(c1ccc2c(c1)C(C)(C)c1ccc3ccc4c(-c5ccccc5)ccc5cc-2c1c3c54)c1ccccc1C. The van der Waals surface area contributed by atoms with Gasteiger partial charge in [-0.3, -0.25) is 0 Å². The van der Waals surface area contributed by atoms with Gasteiger partial charge in [-0.25, -0.2) is 0 Å². The number of rotatable bonds is 4. The monoisotopic (exact) mass is 589 g/mol. The van der Waals surface area contributed by atoms with Crippen LogP contribution in [0, 0.1) is 13.8 Å². The van der Waals surface area contributed by atoms with Gasteiger partial charge in [0.15, 0.2) is 0 Å². The zero-order valence-electron chi connectivity index (χ0n) is 26.7. The Hall–Kier alpha value is -5.40. The van der Waals surface area contributed by atoms with Gasteiger partial charge in [0, 0.05) is 22.5 Å². The fourth-order valence-corrected chi connectivity index (χ4v) is 8.12. The molecular weight excluding hydrogens is 555 g/mol. The molecule has 0 saturated carbocycles. The summed E-state index contributed by atoms with van der Waals surface area (Å²) >= 11 is 0. The van der Waals surface area contributed by atoms with Crippen molar-refractivity contribution < 1.29 is 0 Å². The predicted molar refractivity (Wildman–Crippen MR) is 197 cm³/mol. The molecule has 0 fully saturated rings. The van der Waals surface area contributed by atoms with E-state index >= 15 is 0 Å². The number of hydrogen-bond donors (Lipinski definition) is 0. The standard InChI is InChI=1S/C45H35N/c1-28-12-8-10-16-40(28)46(41-17-11-9-13-29(41)2)33-21-24-35-37-26-32-19-22-34(30-14-6-5-7-15-30)36-23-18-31-20-25-38(44(37)43(31)42(32)36)45(3,4)39(35)27-33/h5-27H,1-4H3. The zero-order valence-corrected chi connectivity index (χ0v) is 26.7. The lowest BCUT2D eigenvalue weighted by Gasteiger charge is -2.37. The Morgan fingerprint density at radius 3 is 1.80 bits per heavy atom. The smallest absolute Gasteiger partial charge is 0.0490 e. The third kappa shape index (κ3) is 3.75. The van der Waals surface area contributed by atoms with Crippen LogP contribution >= 0.6 is 0 Å². The fraction of sp³-hybridized carbons (Fsp3) is 0.111. The Labute approximate surface area is 270 Å². The van der Waals surface area contributed by atoms with E-state index in [0.717, 1.165) is 0 Å². The maximum atomic E-state index is 2.46. The summed E-state index contributed by atoms with van der Waals surface area (Å²) in [6, 6.07) is 51.9. The molecule has 8 aromatic carbocycles. The second kappa shape index (κ2) is 9.80. The normalized spacial score (nSPS) is 13.4. The van der Waals surface area contributed by atoms with Crippen LogP contribution < -0.4 is 4.90 Å². The minimum absolute atomic E-state index is 0.188. The van der Waals surface area contributed by atoms with Crippen LogP contribution in [0.4, 0.5) is 17.1 Å². The van der Waals surface area contributed by atoms with Gasteiger partial charge >= 0.3 is 0 Å². The lowest BCUT2D eigenvalue weighted by atomic mass is 9.67. The predicted octanol–water partition coefficient (Wildman–Crippen LogP) is 12.6. The summed E-state index contributed by atoms with van der Waals surface area (Å²) in [5.41, 5.74) is 13.9. The van der Waals surface area contributed by atoms with E-state index in [1.807, 2.05) is 0 Å². The van der Waals surface area contributed by atoms with Gasteiger partial charge in [0.05, 0.1) is 0 Å². The highest BCUT2D eigenvalue weighted by molar-refractivity contribution is 6.29. The lowest BCUT2D eigenvalue weighted by molar-refractivity contribution is 0.645. The van der Waals surface area contributed by atoms with Crippen LogP contribution in [0.3, 0.4) is 0 Å². The van der Waals surface area contributed by atoms with Crippen LogP contribution in [-0.2, 0) is 5.41 Å². The van der Waals surface area contributed by atoms with E-state index in [1.165, 1.54) is 93.9 Å². The van der Waals surface area contributed by atoms with Crippen LogP contribution in [0.15, 0.2) is 140 Å². The highest BCUT2D eigenvalue weighted by Gasteiger charge is 2.35. The first-order valence-corrected chi connectivity index (χ1v) is 16.3. The lowest BCUT2D eigenvalue weighted by Crippen LogP contribution is -2.24.